The molecule has 0 aliphatic carbocycles. The maximum atomic E-state index is 13.3. The molecule has 4 aromatic rings. The fourth-order valence-corrected chi connectivity index (χ4v) is 3.76. The van der Waals surface area contributed by atoms with E-state index in [4.69, 9.17) is 18.6 Å². The minimum atomic E-state index is -0.444. The van der Waals surface area contributed by atoms with Gasteiger partial charge in [0, 0.05) is 35.8 Å². The Morgan fingerprint density at radius 1 is 0.914 bits per heavy atom. The van der Waals surface area contributed by atoms with Crippen molar-refractivity contribution in [1.82, 2.24) is 0 Å². The molecule has 1 amide bonds. The van der Waals surface area contributed by atoms with Gasteiger partial charge in [0.1, 0.15) is 24.5 Å². The van der Waals surface area contributed by atoms with Crippen molar-refractivity contribution >= 4 is 28.6 Å². The first kappa shape index (κ1) is 22.3. The van der Waals surface area contributed by atoms with E-state index < -0.39 is 5.63 Å². The quantitative estimate of drug-likeness (QED) is 0.366. The van der Waals surface area contributed by atoms with Crippen molar-refractivity contribution in [1.29, 1.82) is 0 Å². The van der Waals surface area contributed by atoms with Crippen molar-refractivity contribution in [3.05, 3.63) is 101 Å². The molecule has 0 fully saturated rings. The normalized spacial score (nSPS) is 12.6. The van der Waals surface area contributed by atoms with E-state index in [1.165, 1.54) is 6.07 Å². The number of fused-ring (bicyclic) bond motifs is 2. The lowest BCUT2D eigenvalue weighted by Crippen LogP contribution is -2.35. The largest absolute Gasteiger partial charge is 0.486 e. The van der Waals surface area contributed by atoms with Crippen LogP contribution >= 0.6 is 0 Å². The molecule has 176 valence electrons. The van der Waals surface area contributed by atoms with E-state index in [9.17, 15) is 9.59 Å². The molecule has 1 aliphatic heterocycles. The molecule has 0 saturated heterocycles. The number of rotatable bonds is 7. The summed E-state index contributed by atoms with van der Waals surface area (Å²) in [5.74, 6) is 1.45. The number of amides is 1. The van der Waals surface area contributed by atoms with Crippen LogP contribution in [-0.4, -0.2) is 32.3 Å². The zero-order valence-electron chi connectivity index (χ0n) is 18.9. The molecular weight excluding hydrogens is 446 g/mol. The molecule has 0 radical (unpaired) electrons. The average molecular weight is 469 g/mol. The summed E-state index contributed by atoms with van der Waals surface area (Å²) in [4.78, 5) is 26.4. The Bertz CT molecular complexity index is 1430. The molecule has 35 heavy (non-hydrogen) atoms. The van der Waals surface area contributed by atoms with Gasteiger partial charge in [0.05, 0.1) is 0 Å². The van der Waals surface area contributed by atoms with Crippen LogP contribution in [0.4, 0.5) is 5.69 Å². The SMILES string of the molecule is O=C(COc1ccc2ccc(=O)oc2c1)N(C/C=C/c1ccccc1)c1ccc2c(c1)OCCO2. The van der Waals surface area contributed by atoms with Crippen LogP contribution in [0.3, 0.4) is 0 Å². The molecule has 0 saturated carbocycles. The number of carbonyl (C=O) groups is 1. The van der Waals surface area contributed by atoms with Gasteiger partial charge in [-0.1, -0.05) is 42.5 Å². The van der Waals surface area contributed by atoms with Crippen LogP contribution in [0.1, 0.15) is 5.56 Å². The Kier molecular flexibility index (Phi) is 6.48. The van der Waals surface area contributed by atoms with Crippen LogP contribution < -0.4 is 24.7 Å². The van der Waals surface area contributed by atoms with Gasteiger partial charge in [-0.15, -0.1) is 0 Å². The molecule has 7 heteroatoms. The molecule has 2 heterocycles. The Hall–Kier alpha value is -4.52. The summed E-state index contributed by atoms with van der Waals surface area (Å²) < 4.78 is 22.3. The van der Waals surface area contributed by atoms with E-state index in [2.05, 4.69) is 0 Å². The van der Waals surface area contributed by atoms with Gasteiger partial charge >= 0.3 is 5.63 Å². The molecule has 0 N–H and O–H groups in total. The second-order valence-electron chi connectivity index (χ2n) is 7.89. The standard InChI is InChI=1S/C28H23NO6/c30-27(19-34-23-11-8-21-9-13-28(31)35-25(21)18-23)29(14-4-7-20-5-2-1-3-6-20)22-10-12-24-26(17-22)33-16-15-32-24/h1-13,17-18H,14-16,19H2/b7-4+. The number of anilines is 1. The van der Waals surface area contributed by atoms with Gasteiger partial charge in [0.25, 0.3) is 5.91 Å². The zero-order chi connectivity index (χ0) is 24.0. The number of hydrogen-bond donors (Lipinski definition) is 0. The van der Waals surface area contributed by atoms with Gasteiger partial charge in [-0.05, 0) is 35.9 Å². The molecule has 0 spiro atoms. The first-order valence-electron chi connectivity index (χ1n) is 11.2. The molecule has 0 atom stereocenters. The molecule has 1 aliphatic rings. The Balaban J connectivity index is 1.35. The third-order valence-electron chi connectivity index (χ3n) is 5.49. The summed E-state index contributed by atoms with van der Waals surface area (Å²) in [7, 11) is 0. The van der Waals surface area contributed by atoms with Crippen LogP contribution in [-0.2, 0) is 4.79 Å². The summed E-state index contributed by atoms with van der Waals surface area (Å²) >= 11 is 0. The molecule has 0 bridgehead atoms. The second-order valence-corrected chi connectivity index (χ2v) is 7.89. The molecule has 3 aromatic carbocycles. The van der Waals surface area contributed by atoms with Gasteiger partial charge in [0.15, 0.2) is 18.1 Å². The summed E-state index contributed by atoms with van der Waals surface area (Å²) in [6, 6.07) is 23.5. The first-order chi connectivity index (χ1) is 17.2. The molecule has 7 nitrogen and oxygen atoms in total. The summed E-state index contributed by atoms with van der Waals surface area (Å²) in [6.07, 6.45) is 3.89. The number of carbonyl (C=O) groups excluding carboxylic acids is 1. The lowest BCUT2D eigenvalue weighted by Gasteiger charge is -2.24. The molecule has 5 rings (SSSR count). The minimum absolute atomic E-state index is 0.198. The monoisotopic (exact) mass is 469 g/mol. The van der Waals surface area contributed by atoms with E-state index in [0.29, 0.717) is 48.3 Å². The maximum Gasteiger partial charge on any atom is 0.336 e. The van der Waals surface area contributed by atoms with E-state index in [-0.39, 0.29) is 12.5 Å². The lowest BCUT2D eigenvalue weighted by atomic mass is 10.2. The number of nitrogens with zero attached hydrogens (tertiary/aromatic N) is 1. The van der Waals surface area contributed by atoms with Crippen LogP contribution in [0.2, 0.25) is 0 Å². The smallest absolute Gasteiger partial charge is 0.336 e. The Labute approximate surface area is 201 Å². The van der Waals surface area contributed by atoms with Gasteiger partial charge in [-0.3, -0.25) is 4.79 Å². The van der Waals surface area contributed by atoms with Crippen molar-refractivity contribution in [2.45, 2.75) is 0 Å². The minimum Gasteiger partial charge on any atom is -0.486 e. The van der Waals surface area contributed by atoms with E-state index in [0.717, 1.165) is 10.9 Å². The Morgan fingerprint density at radius 2 is 1.71 bits per heavy atom. The summed E-state index contributed by atoms with van der Waals surface area (Å²) in [5, 5.41) is 0.771. The van der Waals surface area contributed by atoms with E-state index in [1.807, 2.05) is 48.6 Å². The predicted octanol–water partition coefficient (Wildman–Crippen LogP) is 4.69. The maximum absolute atomic E-state index is 13.3. The third-order valence-corrected chi connectivity index (χ3v) is 5.49. The lowest BCUT2D eigenvalue weighted by molar-refractivity contribution is -0.120. The summed E-state index contributed by atoms with van der Waals surface area (Å²) in [6.45, 7) is 1.09. The van der Waals surface area contributed by atoms with Crippen molar-refractivity contribution < 1.29 is 23.4 Å². The highest BCUT2D eigenvalue weighted by molar-refractivity contribution is 5.95. The highest BCUT2D eigenvalue weighted by Crippen LogP contribution is 2.34. The fourth-order valence-electron chi connectivity index (χ4n) is 3.76. The average Bonchev–Trinajstić information content (AvgIpc) is 2.90. The molecule has 0 unspecified atom stereocenters. The van der Waals surface area contributed by atoms with Crippen LogP contribution in [0.25, 0.3) is 17.0 Å². The van der Waals surface area contributed by atoms with E-state index in [1.54, 1.807) is 41.3 Å². The highest BCUT2D eigenvalue weighted by Gasteiger charge is 2.19. The van der Waals surface area contributed by atoms with Crippen molar-refractivity contribution in [3.63, 3.8) is 0 Å². The van der Waals surface area contributed by atoms with Crippen LogP contribution in [0.5, 0.6) is 17.2 Å². The first-order valence-corrected chi connectivity index (χ1v) is 11.2. The van der Waals surface area contributed by atoms with Gasteiger partial charge in [-0.25, -0.2) is 4.79 Å². The Morgan fingerprint density at radius 3 is 2.57 bits per heavy atom. The van der Waals surface area contributed by atoms with Gasteiger partial charge in [-0.2, -0.15) is 0 Å². The summed E-state index contributed by atoms with van der Waals surface area (Å²) in [5.41, 5.74) is 1.67. The molecular formula is C28H23NO6. The fraction of sp³-hybridized carbons (Fsp3) is 0.143. The van der Waals surface area contributed by atoms with Crippen LogP contribution in [0, 0.1) is 0 Å². The highest BCUT2D eigenvalue weighted by atomic mass is 16.6. The van der Waals surface area contributed by atoms with Crippen molar-refractivity contribution in [2.75, 3.05) is 31.3 Å². The van der Waals surface area contributed by atoms with E-state index >= 15 is 0 Å². The number of ether oxygens (including phenoxy) is 3. The van der Waals surface area contributed by atoms with Gasteiger partial charge < -0.3 is 23.5 Å². The third kappa shape index (κ3) is 5.35. The van der Waals surface area contributed by atoms with Crippen molar-refractivity contribution in [3.8, 4) is 17.2 Å². The number of benzene rings is 3. The van der Waals surface area contributed by atoms with Gasteiger partial charge in [0.2, 0.25) is 0 Å². The second kappa shape index (κ2) is 10.2. The zero-order valence-corrected chi connectivity index (χ0v) is 18.9. The topological polar surface area (TPSA) is 78.2 Å². The number of hydrogen-bond acceptors (Lipinski definition) is 6. The predicted molar refractivity (Wildman–Crippen MR) is 133 cm³/mol. The molecule has 1 aromatic heterocycles. The van der Waals surface area contributed by atoms with Crippen molar-refractivity contribution in [2.24, 2.45) is 0 Å². The van der Waals surface area contributed by atoms with Crippen LogP contribution in [0.15, 0.2) is 94.2 Å².